The van der Waals surface area contributed by atoms with Gasteiger partial charge in [-0.3, -0.25) is 0 Å². The van der Waals surface area contributed by atoms with Crippen molar-refractivity contribution in [3.63, 3.8) is 0 Å². The minimum Gasteiger partial charge on any atom is -0.375 e. The highest BCUT2D eigenvalue weighted by Crippen LogP contribution is 2.30. The maximum atomic E-state index is 5.75. The molecule has 1 aliphatic heterocycles. The molecule has 6 heteroatoms. The van der Waals surface area contributed by atoms with Gasteiger partial charge in [-0.15, -0.1) is 11.3 Å². The van der Waals surface area contributed by atoms with Crippen molar-refractivity contribution in [2.24, 2.45) is 0 Å². The second-order valence-electron chi connectivity index (χ2n) is 4.89. The van der Waals surface area contributed by atoms with Gasteiger partial charge in [0.1, 0.15) is 10.6 Å². The first-order valence-corrected chi connectivity index (χ1v) is 8.05. The lowest BCUT2D eigenvalue weighted by Gasteiger charge is -2.33. The number of nitrogens with zero attached hydrogens (tertiary/aromatic N) is 3. The van der Waals surface area contributed by atoms with E-state index >= 15 is 0 Å². The monoisotopic (exact) mass is 292 g/mol. The van der Waals surface area contributed by atoms with E-state index in [1.807, 2.05) is 0 Å². The van der Waals surface area contributed by atoms with Crippen LogP contribution in [0.4, 0.5) is 11.8 Å². The molecule has 0 bridgehead atoms. The molecule has 0 amide bonds. The van der Waals surface area contributed by atoms with E-state index in [1.54, 1.807) is 11.3 Å². The molecule has 1 saturated heterocycles. The van der Waals surface area contributed by atoms with Crippen molar-refractivity contribution < 1.29 is 4.74 Å². The van der Waals surface area contributed by atoms with Crippen LogP contribution in [0.3, 0.4) is 0 Å². The lowest BCUT2D eigenvalue weighted by molar-refractivity contribution is 0.0383. The van der Waals surface area contributed by atoms with E-state index in [-0.39, 0.29) is 0 Å². The molecule has 0 saturated carbocycles. The van der Waals surface area contributed by atoms with E-state index in [0.717, 1.165) is 54.6 Å². The van der Waals surface area contributed by atoms with Crippen LogP contribution in [0, 0.1) is 0 Å². The average Bonchev–Trinajstić information content (AvgIpc) is 2.95. The molecule has 20 heavy (non-hydrogen) atoms. The fourth-order valence-corrected chi connectivity index (χ4v) is 3.24. The normalized spacial score (nSPS) is 19.5. The maximum Gasteiger partial charge on any atom is 0.226 e. The van der Waals surface area contributed by atoms with Crippen molar-refractivity contribution in [1.82, 2.24) is 9.97 Å². The first-order valence-electron chi connectivity index (χ1n) is 7.17. The summed E-state index contributed by atoms with van der Waals surface area (Å²) in [5, 5.41) is 6.45. The first-order chi connectivity index (χ1) is 9.81. The number of aromatic nitrogens is 2. The summed E-state index contributed by atoms with van der Waals surface area (Å²) in [6.07, 6.45) is 1.34. The Morgan fingerprint density at radius 1 is 1.45 bits per heavy atom. The molecule has 1 unspecified atom stereocenters. The predicted molar refractivity (Wildman–Crippen MR) is 83.8 cm³/mol. The lowest BCUT2D eigenvalue weighted by Crippen LogP contribution is -2.42. The quantitative estimate of drug-likeness (QED) is 0.939. The summed E-state index contributed by atoms with van der Waals surface area (Å²) in [5.41, 5.74) is 0. The zero-order valence-corrected chi connectivity index (χ0v) is 12.7. The molecule has 5 nitrogen and oxygen atoms in total. The van der Waals surface area contributed by atoms with Crippen molar-refractivity contribution in [1.29, 1.82) is 0 Å². The molecule has 0 aromatic carbocycles. The first kappa shape index (κ1) is 13.6. The predicted octanol–water partition coefficient (Wildman–Crippen LogP) is 2.74. The topological polar surface area (TPSA) is 50.3 Å². The molecule has 1 aliphatic rings. The van der Waals surface area contributed by atoms with Crippen LogP contribution in [0.1, 0.15) is 20.3 Å². The van der Waals surface area contributed by atoms with Crippen LogP contribution in [0.15, 0.2) is 11.4 Å². The van der Waals surface area contributed by atoms with Crippen molar-refractivity contribution in [2.75, 3.05) is 36.5 Å². The van der Waals surface area contributed by atoms with Gasteiger partial charge in [-0.05, 0) is 24.8 Å². The molecule has 2 aromatic heterocycles. The minimum atomic E-state index is 0.301. The van der Waals surface area contributed by atoms with E-state index in [0.29, 0.717) is 6.10 Å². The summed E-state index contributed by atoms with van der Waals surface area (Å²) in [6.45, 7) is 7.62. The highest BCUT2D eigenvalue weighted by molar-refractivity contribution is 7.16. The van der Waals surface area contributed by atoms with Crippen molar-refractivity contribution in [3.05, 3.63) is 11.4 Å². The lowest BCUT2D eigenvalue weighted by atomic mass is 10.2. The molecule has 2 aromatic rings. The van der Waals surface area contributed by atoms with Gasteiger partial charge in [-0.25, -0.2) is 4.98 Å². The molecular formula is C14H20N4OS. The Balaban J connectivity index is 1.98. The van der Waals surface area contributed by atoms with Crippen molar-refractivity contribution in [2.45, 2.75) is 26.4 Å². The number of fused-ring (bicyclic) bond motifs is 1. The fraction of sp³-hybridized carbons (Fsp3) is 0.571. The number of morpholine rings is 1. The van der Waals surface area contributed by atoms with Crippen LogP contribution in [-0.4, -0.2) is 42.3 Å². The summed E-state index contributed by atoms with van der Waals surface area (Å²) < 4.78 is 5.75. The summed E-state index contributed by atoms with van der Waals surface area (Å²) in [4.78, 5) is 12.6. The third-order valence-corrected chi connectivity index (χ3v) is 4.34. The number of anilines is 2. The summed E-state index contributed by atoms with van der Waals surface area (Å²) >= 11 is 1.66. The Labute approximate surface area is 123 Å². The molecule has 0 radical (unpaired) electrons. The Kier molecular flexibility index (Phi) is 4.03. The smallest absolute Gasteiger partial charge is 0.226 e. The zero-order chi connectivity index (χ0) is 13.9. The standard InChI is InChI=1S/C14H20N4OS/c1-3-10-9-18(6-7-19-10)12-11-5-8-20-13(11)17-14(16-12)15-4-2/h5,8,10H,3-4,6-7,9H2,1-2H3,(H,15,16,17). The molecule has 108 valence electrons. The number of nitrogens with one attached hydrogen (secondary N) is 1. The van der Waals surface area contributed by atoms with Gasteiger partial charge in [-0.2, -0.15) is 4.98 Å². The molecule has 0 aliphatic carbocycles. The molecule has 1 fully saturated rings. The average molecular weight is 292 g/mol. The second-order valence-corrected chi connectivity index (χ2v) is 5.78. The third kappa shape index (κ3) is 2.58. The Morgan fingerprint density at radius 3 is 3.15 bits per heavy atom. The Bertz CT molecular complexity index is 586. The van der Waals surface area contributed by atoms with Crippen molar-refractivity contribution >= 4 is 33.3 Å². The number of ether oxygens (including phenoxy) is 1. The van der Waals surface area contributed by atoms with Crippen LogP contribution in [0.5, 0.6) is 0 Å². The third-order valence-electron chi connectivity index (χ3n) is 3.53. The number of hydrogen-bond donors (Lipinski definition) is 1. The van der Waals surface area contributed by atoms with Gasteiger partial charge in [0.2, 0.25) is 5.95 Å². The fourth-order valence-electron chi connectivity index (χ4n) is 2.48. The summed E-state index contributed by atoms with van der Waals surface area (Å²) in [7, 11) is 0. The van der Waals surface area contributed by atoms with E-state index in [2.05, 4.69) is 40.5 Å². The maximum absolute atomic E-state index is 5.75. The van der Waals surface area contributed by atoms with Crippen LogP contribution >= 0.6 is 11.3 Å². The molecular weight excluding hydrogens is 272 g/mol. The van der Waals surface area contributed by atoms with Crippen LogP contribution in [-0.2, 0) is 4.74 Å². The Hall–Kier alpha value is -1.40. The van der Waals surface area contributed by atoms with Gasteiger partial charge in [0.05, 0.1) is 18.1 Å². The zero-order valence-electron chi connectivity index (χ0n) is 11.9. The largest absolute Gasteiger partial charge is 0.375 e. The number of hydrogen-bond acceptors (Lipinski definition) is 6. The molecule has 3 heterocycles. The van der Waals surface area contributed by atoms with E-state index < -0.39 is 0 Å². The number of thiophene rings is 1. The number of rotatable bonds is 4. The van der Waals surface area contributed by atoms with Gasteiger partial charge in [0, 0.05) is 19.6 Å². The van der Waals surface area contributed by atoms with E-state index in [4.69, 9.17) is 9.72 Å². The minimum absolute atomic E-state index is 0.301. The van der Waals surface area contributed by atoms with Gasteiger partial charge >= 0.3 is 0 Å². The van der Waals surface area contributed by atoms with Crippen LogP contribution < -0.4 is 10.2 Å². The summed E-state index contributed by atoms with van der Waals surface area (Å²) in [6, 6.07) is 2.11. The van der Waals surface area contributed by atoms with Crippen LogP contribution in [0.25, 0.3) is 10.2 Å². The van der Waals surface area contributed by atoms with Gasteiger partial charge in [0.25, 0.3) is 0 Å². The molecule has 1 N–H and O–H groups in total. The van der Waals surface area contributed by atoms with E-state index in [9.17, 15) is 0 Å². The highest BCUT2D eigenvalue weighted by Gasteiger charge is 2.22. The van der Waals surface area contributed by atoms with Crippen LogP contribution in [0.2, 0.25) is 0 Å². The van der Waals surface area contributed by atoms with Crippen molar-refractivity contribution in [3.8, 4) is 0 Å². The molecule has 3 rings (SSSR count). The van der Waals surface area contributed by atoms with E-state index in [1.165, 1.54) is 0 Å². The van der Waals surface area contributed by atoms with Gasteiger partial charge < -0.3 is 15.0 Å². The van der Waals surface area contributed by atoms with Gasteiger partial charge in [0.15, 0.2) is 0 Å². The molecule has 1 atom stereocenters. The van der Waals surface area contributed by atoms with Gasteiger partial charge in [-0.1, -0.05) is 6.92 Å². The summed E-state index contributed by atoms with van der Waals surface area (Å²) in [5.74, 6) is 1.76. The molecule has 0 spiro atoms. The second kappa shape index (κ2) is 5.93. The Morgan fingerprint density at radius 2 is 2.35 bits per heavy atom. The SMILES string of the molecule is CCNc1nc(N2CCOC(CC)C2)c2ccsc2n1. The highest BCUT2D eigenvalue weighted by atomic mass is 32.1.